The zero-order valence-corrected chi connectivity index (χ0v) is 14.3. The molecule has 1 aliphatic heterocycles. The lowest BCUT2D eigenvalue weighted by Gasteiger charge is -2.37. The van der Waals surface area contributed by atoms with E-state index >= 15 is 0 Å². The van der Waals surface area contributed by atoms with Gasteiger partial charge >= 0.3 is 7.48 Å². The number of nitrogens with one attached hydrogen (secondary N) is 2. The molecule has 0 aliphatic carbocycles. The Morgan fingerprint density at radius 2 is 2.09 bits per heavy atom. The van der Waals surface area contributed by atoms with Crippen LogP contribution in [0, 0.1) is 0 Å². The van der Waals surface area contributed by atoms with Crippen LogP contribution in [0.15, 0.2) is 18.2 Å². The van der Waals surface area contributed by atoms with Gasteiger partial charge in [-0.15, -0.1) is 0 Å². The Labute approximate surface area is 138 Å². The fourth-order valence-corrected chi connectivity index (χ4v) is 2.56. The summed E-state index contributed by atoms with van der Waals surface area (Å²) in [6.45, 7) is 8.31. The molecule has 1 aromatic heterocycles. The van der Waals surface area contributed by atoms with Gasteiger partial charge in [0.1, 0.15) is 5.82 Å². The minimum atomic E-state index is -0.928. The smallest absolute Gasteiger partial charge is 0.330 e. The van der Waals surface area contributed by atoms with Crippen LogP contribution in [-0.2, 0) is 4.65 Å². The maximum atomic E-state index is 10.2. The van der Waals surface area contributed by atoms with Crippen molar-refractivity contribution in [2.24, 2.45) is 0 Å². The normalized spacial score (nSPS) is 19.4. The molecule has 5 nitrogen and oxygen atoms in total. The molecule has 0 saturated carbocycles. The quantitative estimate of drug-likeness (QED) is 0.736. The standard InChI is InChI=1S/C17H25BN3O2/c1-16(2,22)17(3,4)23-18-11-7-8-12-14(10-11)21-15(20-12)13-6-5-9-19-13/h7-8,10,13,19,22H,5-6,9H2,1-4H3,(H,20,21). The van der Waals surface area contributed by atoms with Crippen molar-refractivity contribution in [1.29, 1.82) is 0 Å². The molecule has 0 bridgehead atoms. The predicted molar refractivity (Wildman–Crippen MR) is 92.9 cm³/mol. The van der Waals surface area contributed by atoms with Crippen molar-refractivity contribution in [1.82, 2.24) is 15.3 Å². The van der Waals surface area contributed by atoms with E-state index in [2.05, 4.69) is 15.3 Å². The first-order chi connectivity index (χ1) is 10.8. The Morgan fingerprint density at radius 3 is 2.74 bits per heavy atom. The third kappa shape index (κ3) is 3.44. The largest absolute Gasteiger partial charge is 0.427 e. The first-order valence-electron chi connectivity index (χ1n) is 8.23. The molecule has 23 heavy (non-hydrogen) atoms. The fraction of sp³-hybridized carbons (Fsp3) is 0.588. The first kappa shape index (κ1) is 16.5. The lowest BCUT2D eigenvalue weighted by Crippen LogP contribution is -2.49. The second kappa shape index (κ2) is 5.93. The van der Waals surface area contributed by atoms with E-state index in [9.17, 15) is 5.11 Å². The third-order valence-electron chi connectivity index (χ3n) is 4.88. The lowest BCUT2D eigenvalue weighted by molar-refractivity contribution is -0.0893. The number of aliphatic hydroxyl groups is 1. The van der Waals surface area contributed by atoms with Gasteiger partial charge in [-0.1, -0.05) is 11.5 Å². The summed E-state index contributed by atoms with van der Waals surface area (Å²) in [5.41, 5.74) is 1.32. The molecule has 1 aliphatic rings. The van der Waals surface area contributed by atoms with Gasteiger partial charge in [0.2, 0.25) is 0 Å². The maximum absolute atomic E-state index is 10.2. The van der Waals surface area contributed by atoms with Crippen LogP contribution in [0.5, 0.6) is 0 Å². The van der Waals surface area contributed by atoms with E-state index in [4.69, 9.17) is 4.65 Å². The third-order valence-corrected chi connectivity index (χ3v) is 4.88. The van der Waals surface area contributed by atoms with Gasteiger partial charge in [-0.3, -0.25) is 0 Å². The second-order valence-corrected chi connectivity index (χ2v) is 7.35. The van der Waals surface area contributed by atoms with Crippen molar-refractivity contribution in [3.63, 3.8) is 0 Å². The highest BCUT2D eigenvalue weighted by atomic mass is 16.5. The van der Waals surface area contributed by atoms with E-state index in [0.29, 0.717) is 6.04 Å². The number of hydrogen-bond donors (Lipinski definition) is 3. The van der Waals surface area contributed by atoms with Gasteiger partial charge in [0.15, 0.2) is 0 Å². The Balaban J connectivity index is 1.75. The summed E-state index contributed by atoms with van der Waals surface area (Å²) in [6, 6.07) is 6.34. The fourth-order valence-electron chi connectivity index (χ4n) is 2.56. The van der Waals surface area contributed by atoms with Crippen LogP contribution in [-0.4, -0.2) is 40.3 Å². The van der Waals surface area contributed by atoms with E-state index in [0.717, 1.165) is 35.3 Å². The summed E-state index contributed by atoms with van der Waals surface area (Å²) in [4.78, 5) is 8.08. The van der Waals surface area contributed by atoms with E-state index in [-0.39, 0.29) is 0 Å². The molecule has 3 rings (SSSR count). The summed E-state index contributed by atoms with van der Waals surface area (Å²) < 4.78 is 5.81. The summed E-state index contributed by atoms with van der Waals surface area (Å²) >= 11 is 0. The number of imidazole rings is 1. The first-order valence-corrected chi connectivity index (χ1v) is 8.23. The van der Waals surface area contributed by atoms with E-state index in [1.54, 1.807) is 21.3 Å². The van der Waals surface area contributed by atoms with Crippen molar-refractivity contribution in [2.45, 2.75) is 57.8 Å². The monoisotopic (exact) mass is 314 g/mol. The van der Waals surface area contributed by atoms with E-state index < -0.39 is 11.2 Å². The van der Waals surface area contributed by atoms with Crippen molar-refractivity contribution in [3.05, 3.63) is 24.0 Å². The van der Waals surface area contributed by atoms with E-state index in [1.807, 2.05) is 32.0 Å². The summed E-state index contributed by atoms with van der Waals surface area (Å²) in [5.74, 6) is 1.01. The van der Waals surface area contributed by atoms with Crippen molar-refractivity contribution >= 4 is 24.0 Å². The minimum absolute atomic E-state index is 0.334. The Bertz CT molecular complexity index is 685. The van der Waals surface area contributed by atoms with Crippen LogP contribution in [0.2, 0.25) is 0 Å². The average molecular weight is 314 g/mol. The van der Waals surface area contributed by atoms with Crippen LogP contribution in [0.4, 0.5) is 0 Å². The molecule has 2 heterocycles. The molecule has 1 aromatic carbocycles. The van der Waals surface area contributed by atoms with Gasteiger partial charge < -0.3 is 20.1 Å². The van der Waals surface area contributed by atoms with Crippen LogP contribution in [0.25, 0.3) is 11.0 Å². The molecule has 1 fully saturated rings. The van der Waals surface area contributed by atoms with Crippen molar-refractivity contribution in [2.75, 3.05) is 6.54 Å². The van der Waals surface area contributed by atoms with Gasteiger partial charge in [-0.25, -0.2) is 4.98 Å². The number of H-pyrrole nitrogens is 1. The second-order valence-electron chi connectivity index (χ2n) is 7.35. The van der Waals surface area contributed by atoms with E-state index in [1.165, 1.54) is 6.42 Å². The zero-order chi connectivity index (χ0) is 16.7. The Morgan fingerprint density at radius 1 is 1.30 bits per heavy atom. The number of aromatic nitrogens is 2. The SMILES string of the molecule is CC(C)(O)C(C)(C)O[B]c1ccc2nc(C3CCCN3)[nH]c2c1. The van der Waals surface area contributed by atoms with Gasteiger partial charge in [0.25, 0.3) is 0 Å². The predicted octanol–water partition coefficient (Wildman–Crippen LogP) is 1.80. The van der Waals surface area contributed by atoms with Crippen molar-refractivity contribution in [3.8, 4) is 0 Å². The molecule has 6 heteroatoms. The van der Waals surface area contributed by atoms with Crippen LogP contribution >= 0.6 is 0 Å². The lowest BCUT2D eigenvalue weighted by atomic mass is 9.82. The van der Waals surface area contributed by atoms with Gasteiger partial charge in [-0.05, 0) is 59.2 Å². The zero-order valence-electron chi connectivity index (χ0n) is 14.3. The molecule has 1 unspecified atom stereocenters. The molecule has 3 N–H and O–H groups in total. The number of nitrogens with zero attached hydrogens (tertiary/aromatic N) is 1. The molecule has 0 spiro atoms. The molecular weight excluding hydrogens is 289 g/mol. The van der Waals surface area contributed by atoms with Crippen LogP contribution in [0.1, 0.15) is 52.4 Å². The Kier molecular flexibility index (Phi) is 4.25. The van der Waals surface area contributed by atoms with Gasteiger partial charge in [0, 0.05) is 0 Å². The van der Waals surface area contributed by atoms with Gasteiger partial charge in [-0.2, -0.15) is 0 Å². The van der Waals surface area contributed by atoms with Crippen molar-refractivity contribution < 1.29 is 9.76 Å². The topological polar surface area (TPSA) is 70.2 Å². The highest BCUT2D eigenvalue weighted by Crippen LogP contribution is 2.25. The molecule has 123 valence electrons. The molecule has 1 atom stereocenters. The number of hydrogen-bond acceptors (Lipinski definition) is 4. The Hall–Kier alpha value is -1.37. The number of benzene rings is 1. The average Bonchev–Trinajstić information content (AvgIpc) is 3.12. The maximum Gasteiger partial charge on any atom is 0.330 e. The summed E-state index contributed by atoms with van der Waals surface area (Å²) in [5, 5.41) is 13.6. The summed E-state index contributed by atoms with van der Waals surface area (Å²) in [7, 11) is 1.70. The molecule has 1 radical (unpaired) electrons. The minimum Gasteiger partial charge on any atom is -0.427 e. The number of fused-ring (bicyclic) bond motifs is 1. The number of rotatable bonds is 5. The number of aromatic amines is 1. The highest BCUT2D eigenvalue weighted by Gasteiger charge is 2.35. The molecule has 1 saturated heterocycles. The van der Waals surface area contributed by atoms with Crippen LogP contribution < -0.4 is 10.8 Å². The molecule has 2 aromatic rings. The molecule has 0 amide bonds. The van der Waals surface area contributed by atoms with Gasteiger partial charge in [0.05, 0.1) is 28.3 Å². The highest BCUT2D eigenvalue weighted by molar-refractivity contribution is 6.47. The molecular formula is C17H25BN3O2. The summed E-state index contributed by atoms with van der Waals surface area (Å²) in [6.07, 6.45) is 2.32. The van der Waals surface area contributed by atoms with Crippen LogP contribution in [0.3, 0.4) is 0 Å².